The van der Waals surface area contributed by atoms with Gasteiger partial charge in [0.1, 0.15) is 6.54 Å². The molecular weight excluding hydrogens is 362 g/mol. The van der Waals surface area contributed by atoms with Crippen LogP contribution < -0.4 is 5.32 Å². The summed E-state index contributed by atoms with van der Waals surface area (Å²) in [5.74, 6) is -1.65. The number of thioether (sulfide) groups is 1. The van der Waals surface area contributed by atoms with Crippen LogP contribution in [0.15, 0.2) is 34.7 Å². The van der Waals surface area contributed by atoms with Gasteiger partial charge in [0, 0.05) is 0 Å². The maximum absolute atomic E-state index is 12.5. The second-order valence-corrected chi connectivity index (χ2v) is 8.20. The van der Waals surface area contributed by atoms with E-state index in [0.29, 0.717) is 11.1 Å². The lowest BCUT2D eigenvalue weighted by atomic mass is 9.96. The minimum absolute atomic E-state index is 0.327. The van der Waals surface area contributed by atoms with Crippen molar-refractivity contribution in [3.8, 4) is 6.07 Å². The fourth-order valence-electron chi connectivity index (χ4n) is 3.93. The summed E-state index contributed by atoms with van der Waals surface area (Å²) in [6.45, 7) is -0.327. The third-order valence-electron chi connectivity index (χ3n) is 5.28. The van der Waals surface area contributed by atoms with Gasteiger partial charge in [-0.1, -0.05) is 18.6 Å². The van der Waals surface area contributed by atoms with Gasteiger partial charge < -0.3 is 5.32 Å². The number of benzene rings is 1. The molecular formula is C20H19N3O3S. The summed E-state index contributed by atoms with van der Waals surface area (Å²) in [6, 6.07) is 8.90. The molecule has 2 heterocycles. The minimum Gasteiger partial charge on any atom is -0.341 e. The van der Waals surface area contributed by atoms with Gasteiger partial charge in [-0.2, -0.15) is 5.26 Å². The Morgan fingerprint density at radius 1 is 1.15 bits per heavy atom. The molecule has 3 aliphatic rings. The molecule has 1 aromatic carbocycles. The highest BCUT2D eigenvalue weighted by atomic mass is 32.2. The first-order valence-electron chi connectivity index (χ1n) is 9.13. The van der Waals surface area contributed by atoms with Crippen LogP contribution >= 0.6 is 11.8 Å². The SMILES string of the molecule is N#C[C@H]1C2=C(CCCCC2)S[C@@H]1NC(=O)CN1C(=O)c2ccccc2C1=O. The Balaban J connectivity index is 1.43. The second-order valence-electron chi connectivity index (χ2n) is 6.96. The van der Waals surface area contributed by atoms with Crippen LogP contribution in [0, 0.1) is 17.2 Å². The molecule has 3 amide bonds. The molecule has 0 aromatic heterocycles. The molecule has 2 aliphatic heterocycles. The molecule has 1 aromatic rings. The zero-order chi connectivity index (χ0) is 19.0. The third-order valence-corrected chi connectivity index (χ3v) is 6.67. The van der Waals surface area contributed by atoms with Crippen LogP contribution in [0.25, 0.3) is 0 Å². The van der Waals surface area contributed by atoms with Crippen LogP contribution in [0.1, 0.15) is 52.8 Å². The summed E-state index contributed by atoms with van der Waals surface area (Å²) in [5, 5.41) is 12.1. The summed E-state index contributed by atoms with van der Waals surface area (Å²) in [7, 11) is 0. The number of nitrogens with one attached hydrogen (secondary N) is 1. The van der Waals surface area contributed by atoms with Crippen molar-refractivity contribution in [1.82, 2.24) is 10.2 Å². The largest absolute Gasteiger partial charge is 0.341 e. The zero-order valence-corrected chi connectivity index (χ0v) is 15.6. The number of imide groups is 1. The fourth-order valence-corrected chi connectivity index (χ4v) is 5.44. The zero-order valence-electron chi connectivity index (χ0n) is 14.7. The molecule has 0 unspecified atom stereocenters. The molecule has 0 spiro atoms. The number of hydrogen-bond donors (Lipinski definition) is 1. The van der Waals surface area contributed by atoms with E-state index >= 15 is 0 Å². The summed E-state index contributed by atoms with van der Waals surface area (Å²) in [5.41, 5.74) is 1.81. The van der Waals surface area contributed by atoms with Crippen LogP contribution in [-0.2, 0) is 4.79 Å². The first kappa shape index (κ1) is 17.8. The molecule has 0 radical (unpaired) electrons. The highest BCUT2D eigenvalue weighted by Crippen LogP contribution is 2.46. The molecule has 0 saturated heterocycles. The van der Waals surface area contributed by atoms with Crippen molar-refractivity contribution in [3.05, 3.63) is 45.9 Å². The predicted molar refractivity (Wildman–Crippen MR) is 101 cm³/mol. The highest BCUT2D eigenvalue weighted by molar-refractivity contribution is 8.04. The number of rotatable bonds is 3. The summed E-state index contributed by atoms with van der Waals surface area (Å²) < 4.78 is 0. The van der Waals surface area contributed by atoms with Crippen molar-refractivity contribution in [2.45, 2.75) is 37.5 Å². The first-order valence-corrected chi connectivity index (χ1v) is 10.0. The molecule has 27 heavy (non-hydrogen) atoms. The number of carbonyl (C=O) groups is 3. The maximum atomic E-state index is 12.5. The normalized spacial score (nSPS) is 24.3. The average molecular weight is 381 g/mol. The van der Waals surface area contributed by atoms with Gasteiger partial charge in [-0.15, -0.1) is 11.8 Å². The highest BCUT2D eigenvalue weighted by Gasteiger charge is 2.39. The maximum Gasteiger partial charge on any atom is 0.262 e. The molecule has 138 valence electrons. The first-order chi connectivity index (χ1) is 13.1. The van der Waals surface area contributed by atoms with E-state index in [-0.39, 0.29) is 17.8 Å². The molecule has 4 rings (SSSR count). The number of nitriles is 1. The van der Waals surface area contributed by atoms with E-state index in [4.69, 9.17) is 0 Å². The molecule has 6 nitrogen and oxygen atoms in total. The van der Waals surface area contributed by atoms with Crippen molar-refractivity contribution < 1.29 is 14.4 Å². The molecule has 0 bridgehead atoms. The van der Waals surface area contributed by atoms with Gasteiger partial charge in [-0.25, -0.2) is 0 Å². The van der Waals surface area contributed by atoms with Crippen molar-refractivity contribution in [2.24, 2.45) is 5.92 Å². The van der Waals surface area contributed by atoms with Crippen molar-refractivity contribution >= 4 is 29.5 Å². The van der Waals surface area contributed by atoms with E-state index < -0.39 is 17.7 Å². The minimum atomic E-state index is -0.449. The number of hydrogen-bond acceptors (Lipinski definition) is 5. The van der Waals surface area contributed by atoms with E-state index in [2.05, 4.69) is 11.4 Å². The van der Waals surface area contributed by atoms with E-state index in [1.807, 2.05) is 0 Å². The summed E-state index contributed by atoms with van der Waals surface area (Å²) in [4.78, 5) is 39.5. The lowest BCUT2D eigenvalue weighted by Crippen LogP contribution is -2.44. The van der Waals surface area contributed by atoms with Crippen molar-refractivity contribution in [2.75, 3.05) is 6.54 Å². The van der Waals surface area contributed by atoms with E-state index in [1.165, 1.54) is 11.3 Å². The molecule has 1 aliphatic carbocycles. The number of amides is 3. The van der Waals surface area contributed by atoms with Gasteiger partial charge in [0.2, 0.25) is 5.91 Å². The van der Waals surface area contributed by atoms with Gasteiger partial charge >= 0.3 is 0 Å². The quantitative estimate of drug-likeness (QED) is 0.813. The Labute approximate surface area is 161 Å². The topological polar surface area (TPSA) is 90.3 Å². The van der Waals surface area contributed by atoms with Gasteiger partial charge in [-0.05, 0) is 48.3 Å². The van der Waals surface area contributed by atoms with Crippen LogP contribution in [0.2, 0.25) is 0 Å². The average Bonchev–Trinajstić information content (AvgIpc) is 2.99. The Morgan fingerprint density at radius 2 is 1.81 bits per heavy atom. The standard InChI is InChI=1S/C20H19N3O3S/c21-10-15-12-6-2-1-3-9-16(12)27-18(15)22-17(24)11-23-19(25)13-7-4-5-8-14(13)20(23)26/h4-5,7-8,15,18H,1-3,6,9,11H2,(H,22,24)/t15-,18-/m0/s1. The fraction of sp³-hybridized carbons (Fsp3) is 0.400. The van der Waals surface area contributed by atoms with Crippen LogP contribution in [0.3, 0.4) is 0 Å². The number of nitrogens with zero attached hydrogens (tertiary/aromatic N) is 2. The number of allylic oxidation sites excluding steroid dienone is 1. The van der Waals surface area contributed by atoms with E-state index in [0.717, 1.165) is 36.2 Å². The Hall–Kier alpha value is -2.59. The molecule has 1 N–H and O–H groups in total. The Morgan fingerprint density at radius 3 is 2.48 bits per heavy atom. The summed E-state index contributed by atoms with van der Waals surface area (Å²) in [6.07, 6.45) is 5.23. The van der Waals surface area contributed by atoms with Gasteiger partial charge in [0.15, 0.2) is 0 Å². The van der Waals surface area contributed by atoms with Gasteiger partial charge in [0.25, 0.3) is 11.8 Å². The molecule has 0 fully saturated rings. The van der Waals surface area contributed by atoms with Gasteiger partial charge in [0.05, 0.1) is 28.5 Å². The van der Waals surface area contributed by atoms with Gasteiger partial charge in [-0.3, -0.25) is 19.3 Å². The lowest BCUT2D eigenvalue weighted by molar-refractivity contribution is -0.121. The Bertz CT molecular complexity index is 867. The van der Waals surface area contributed by atoms with Crippen molar-refractivity contribution in [1.29, 1.82) is 5.26 Å². The molecule has 2 atom stereocenters. The third kappa shape index (κ3) is 3.15. The number of fused-ring (bicyclic) bond motifs is 1. The molecule has 7 heteroatoms. The van der Waals surface area contributed by atoms with Crippen LogP contribution in [0.5, 0.6) is 0 Å². The summed E-state index contributed by atoms with van der Waals surface area (Å²) >= 11 is 1.55. The van der Waals surface area contributed by atoms with Crippen LogP contribution in [-0.4, -0.2) is 34.5 Å². The monoisotopic (exact) mass is 381 g/mol. The van der Waals surface area contributed by atoms with Crippen molar-refractivity contribution in [3.63, 3.8) is 0 Å². The lowest BCUT2D eigenvalue weighted by Gasteiger charge is -2.20. The van der Waals surface area contributed by atoms with E-state index in [1.54, 1.807) is 36.0 Å². The molecule has 0 saturated carbocycles. The smallest absolute Gasteiger partial charge is 0.262 e. The number of carbonyl (C=O) groups excluding carboxylic acids is 3. The van der Waals surface area contributed by atoms with Crippen LogP contribution in [0.4, 0.5) is 0 Å². The predicted octanol–water partition coefficient (Wildman–Crippen LogP) is 2.83. The second kappa shape index (κ2) is 7.20. The van der Waals surface area contributed by atoms with E-state index in [9.17, 15) is 19.6 Å². The Kier molecular flexibility index (Phi) is 4.75.